The van der Waals surface area contributed by atoms with Crippen LogP contribution in [-0.4, -0.2) is 30.1 Å². The lowest BCUT2D eigenvalue weighted by Crippen LogP contribution is -2.30. The highest BCUT2D eigenvalue weighted by Gasteiger charge is 2.14. The summed E-state index contributed by atoms with van der Waals surface area (Å²) in [4.78, 5) is 23.1. The Morgan fingerprint density at radius 1 is 1.27 bits per heavy atom. The number of halogens is 1. The average molecular weight is 473 g/mol. The molecule has 2 N–H and O–H groups in total. The summed E-state index contributed by atoms with van der Waals surface area (Å²) < 4.78 is 11.8. The van der Waals surface area contributed by atoms with Crippen molar-refractivity contribution in [2.24, 2.45) is 0 Å². The second-order valence-corrected chi connectivity index (χ2v) is 7.48. The monoisotopic (exact) mass is 472 g/mol. The Labute approximate surface area is 183 Å². The van der Waals surface area contributed by atoms with Crippen LogP contribution in [0.2, 0.25) is 0 Å². The number of ether oxygens (including phenoxy) is 2. The second kappa shape index (κ2) is 10.5. The van der Waals surface area contributed by atoms with Crippen LogP contribution in [0.1, 0.15) is 35.3 Å². The average Bonchev–Trinajstić information content (AvgIpc) is 2.70. The molecule has 8 heteroatoms. The van der Waals surface area contributed by atoms with E-state index in [1.165, 1.54) is 25.3 Å². The van der Waals surface area contributed by atoms with E-state index < -0.39 is 11.9 Å². The standard InChI is InChI=1S/C22H21BrN2O5/c1-13(2)25-21(26)17(11-24)8-15-9-18(23)20(19(10-15)29-3)30-12-14-4-6-16(7-5-14)22(27)28/h4-10,13H,12H2,1-3H3,(H,25,26)(H,27,28). The zero-order valence-corrected chi connectivity index (χ0v) is 18.3. The number of methoxy groups -OCH3 is 1. The maximum absolute atomic E-state index is 12.1. The Hall–Kier alpha value is -3.31. The van der Waals surface area contributed by atoms with Gasteiger partial charge in [0.25, 0.3) is 5.91 Å². The van der Waals surface area contributed by atoms with Gasteiger partial charge in [-0.15, -0.1) is 0 Å². The van der Waals surface area contributed by atoms with Gasteiger partial charge in [0.15, 0.2) is 11.5 Å². The van der Waals surface area contributed by atoms with E-state index in [0.29, 0.717) is 21.5 Å². The number of carboxylic acid groups (broad SMARTS) is 1. The smallest absolute Gasteiger partial charge is 0.335 e. The van der Waals surface area contributed by atoms with E-state index in [2.05, 4.69) is 21.2 Å². The van der Waals surface area contributed by atoms with Gasteiger partial charge in [-0.3, -0.25) is 4.79 Å². The van der Waals surface area contributed by atoms with E-state index in [0.717, 1.165) is 5.56 Å². The first-order valence-corrected chi connectivity index (χ1v) is 9.79. The quantitative estimate of drug-likeness (QED) is 0.440. The molecule has 2 aromatic carbocycles. The van der Waals surface area contributed by atoms with Gasteiger partial charge < -0.3 is 19.9 Å². The summed E-state index contributed by atoms with van der Waals surface area (Å²) >= 11 is 3.44. The van der Waals surface area contributed by atoms with Crippen molar-refractivity contribution < 1.29 is 24.2 Å². The molecule has 7 nitrogen and oxygen atoms in total. The van der Waals surface area contributed by atoms with E-state index in [1.807, 2.05) is 19.9 Å². The molecular weight excluding hydrogens is 452 g/mol. The van der Waals surface area contributed by atoms with E-state index in [-0.39, 0.29) is 23.8 Å². The molecule has 0 unspecified atom stereocenters. The first kappa shape index (κ1) is 23.0. The van der Waals surface area contributed by atoms with Crippen LogP contribution >= 0.6 is 15.9 Å². The van der Waals surface area contributed by atoms with Gasteiger partial charge in [0.2, 0.25) is 0 Å². The van der Waals surface area contributed by atoms with Crippen molar-refractivity contribution in [3.05, 3.63) is 63.1 Å². The molecule has 1 amide bonds. The summed E-state index contributed by atoms with van der Waals surface area (Å²) in [7, 11) is 1.49. The molecule has 0 aromatic heterocycles. The number of amides is 1. The van der Waals surface area contributed by atoms with Crippen LogP contribution in [0.25, 0.3) is 6.08 Å². The first-order chi connectivity index (χ1) is 14.2. The molecule has 0 spiro atoms. The highest BCUT2D eigenvalue weighted by Crippen LogP contribution is 2.37. The maximum atomic E-state index is 12.1. The molecule has 30 heavy (non-hydrogen) atoms. The summed E-state index contributed by atoms with van der Waals surface area (Å²) in [5, 5.41) is 21.0. The number of rotatable bonds is 8. The minimum absolute atomic E-state index is 0.0233. The van der Waals surface area contributed by atoms with Gasteiger partial charge in [0.05, 0.1) is 17.1 Å². The van der Waals surface area contributed by atoms with Crippen molar-refractivity contribution in [2.75, 3.05) is 7.11 Å². The molecule has 2 rings (SSSR count). The summed E-state index contributed by atoms with van der Waals surface area (Å²) in [6.45, 7) is 3.83. The third-order valence-electron chi connectivity index (χ3n) is 3.93. The maximum Gasteiger partial charge on any atom is 0.335 e. The normalized spacial score (nSPS) is 11.0. The minimum Gasteiger partial charge on any atom is -0.493 e. The predicted molar refractivity (Wildman–Crippen MR) is 115 cm³/mol. The lowest BCUT2D eigenvalue weighted by atomic mass is 10.1. The van der Waals surface area contributed by atoms with Crippen LogP contribution in [0.4, 0.5) is 0 Å². The molecule has 0 atom stereocenters. The molecule has 0 aliphatic carbocycles. The summed E-state index contributed by atoms with van der Waals surface area (Å²) in [5.41, 5.74) is 1.55. The van der Waals surface area contributed by atoms with Gasteiger partial charge in [-0.2, -0.15) is 5.26 Å². The molecule has 2 aromatic rings. The summed E-state index contributed by atoms with van der Waals surface area (Å²) in [6, 6.07) is 11.6. The van der Waals surface area contributed by atoms with Crippen LogP contribution in [0.3, 0.4) is 0 Å². The topological polar surface area (TPSA) is 109 Å². The van der Waals surface area contributed by atoms with Gasteiger partial charge in [-0.1, -0.05) is 12.1 Å². The predicted octanol–water partition coefficient (Wildman–Crippen LogP) is 4.17. The Bertz CT molecular complexity index is 1010. The van der Waals surface area contributed by atoms with Crippen molar-refractivity contribution in [2.45, 2.75) is 26.5 Å². The van der Waals surface area contributed by atoms with Crippen LogP contribution < -0.4 is 14.8 Å². The van der Waals surface area contributed by atoms with Gasteiger partial charge in [0, 0.05) is 6.04 Å². The highest BCUT2D eigenvalue weighted by molar-refractivity contribution is 9.10. The number of aromatic carboxylic acids is 1. The first-order valence-electron chi connectivity index (χ1n) is 9.00. The Balaban J connectivity index is 2.24. The Kier molecular flexibility index (Phi) is 8.01. The molecule has 156 valence electrons. The van der Waals surface area contributed by atoms with Gasteiger partial charge in [0.1, 0.15) is 18.2 Å². The van der Waals surface area contributed by atoms with Crippen molar-refractivity contribution in [3.8, 4) is 17.6 Å². The Morgan fingerprint density at radius 3 is 2.47 bits per heavy atom. The van der Waals surface area contributed by atoms with Crippen LogP contribution in [0.15, 0.2) is 46.4 Å². The lowest BCUT2D eigenvalue weighted by molar-refractivity contribution is -0.117. The van der Waals surface area contributed by atoms with Gasteiger partial charge in [-0.25, -0.2) is 4.79 Å². The molecule has 0 bridgehead atoms. The minimum atomic E-state index is -0.991. The SMILES string of the molecule is COc1cc(C=C(C#N)C(=O)NC(C)C)cc(Br)c1OCc1ccc(C(=O)O)cc1. The van der Waals surface area contributed by atoms with Crippen molar-refractivity contribution in [3.63, 3.8) is 0 Å². The number of carbonyl (C=O) groups excluding carboxylic acids is 1. The van der Waals surface area contributed by atoms with Gasteiger partial charge >= 0.3 is 5.97 Å². The van der Waals surface area contributed by atoms with Crippen molar-refractivity contribution in [1.29, 1.82) is 5.26 Å². The molecule has 0 fully saturated rings. The molecule has 0 heterocycles. The molecule has 0 radical (unpaired) electrons. The summed E-state index contributed by atoms with van der Waals surface area (Å²) in [6.07, 6.45) is 1.47. The lowest BCUT2D eigenvalue weighted by Gasteiger charge is -2.14. The molecule has 0 saturated heterocycles. The number of nitriles is 1. The summed E-state index contributed by atoms with van der Waals surface area (Å²) in [5.74, 6) is -0.580. The number of nitrogens with one attached hydrogen (secondary N) is 1. The van der Waals surface area contributed by atoms with Crippen LogP contribution in [-0.2, 0) is 11.4 Å². The number of hydrogen-bond acceptors (Lipinski definition) is 5. The Morgan fingerprint density at radius 2 is 1.93 bits per heavy atom. The van der Waals surface area contributed by atoms with E-state index in [9.17, 15) is 14.9 Å². The molecule has 0 saturated carbocycles. The van der Waals surface area contributed by atoms with Crippen LogP contribution in [0.5, 0.6) is 11.5 Å². The number of hydrogen-bond donors (Lipinski definition) is 2. The fourth-order valence-corrected chi connectivity index (χ4v) is 3.09. The number of carboxylic acids is 1. The third-order valence-corrected chi connectivity index (χ3v) is 4.52. The van der Waals surface area contributed by atoms with E-state index in [4.69, 9.17) is 14.6 Å². The number of nitrogens with zero attached hydrogens (tertiary/aromatic N) is 1. The van der Waals surface area contributed by atoms with Crippen LogP contribution in [0, 0.1) is 11.3 Å². The van der Waals surface area contributed by atoms with Crippen molar-refractivity contribution in [1.82, 2.24) is 5.32 Å². The molecule has 0 aliphatic rings. The van der Waals surface area contributed by atoms with Crippen molar-refractivity contribution >= 4 is 33.9 Å². The largest absolute Gasteiger partial charge is 0.493 e. The molecule has 0 aliphatic heterocycles. The zero-order chi connectivity index (χ0) is 22.3. The highest BCUT2D eigenvalue weighted by atomic mass is 79.9. The third kappa shape index (κ3) is 6.09. The van der Waals surface area contributed by atoms with Gasteiger partial charge in [-0.05, 0) is 71.2 Å². The number of benzene rings is 2. The zero-order valence-electron chi connectivity index (χ0n) is 16.7. The number of carbonyl (C=O) groups is 2. The molecular formula is C22H21BrN2O5. The second-order valence-electron chi connectivity index (χ2n) is 6.62. The fourth-order valence-electron chi connectivity index (χ4n) is 2.52. The van der Waals surface area contributed by atoms with E-state index in [1.54, 1.807) is 24.3 Å². The fraction of sp³-hybridized carbons (Fsp3) is 0.227. The van der Waals surface area contributed by atoms with E-state index >= 15 is 0 Å².